The molecule has 154 valence electrons. The van der Waals surface area contributed by atoms with Crippen molar-refractivity contribution in [3.05, 3.63) is 60.7 Å². The number of carbonyl (C=O) groups excluding carboxylic acids is 2. The number of hydrogen-bond donors (Lipinski definition) is 1. The highest BCUT2D eigenvalue weighted by atomic mass is 16.6. The molecule has 1 N–H and O–H groups in total. The first-order valence-electron chi connectivity index (χ1n) is 9.58. The van der Waals surface area contributed by atoms with E-state index in [9.17, 15) is 9.59 Å². The summed E-state index contributed by atoms with van der Waals surface area (Å²) >= 11 is 0. The molecule has 0 atom stereocenters. The molecule has 4 rings (SSSR count). The Kier molecular flexibility index (Phi) is 5.60. The van der Waals surface area contributed by atoms with Gasteiger partial charge in [0.15, 0.2) is 11.5 Å². The number of nitrogens with zero attached hydrogens (tertiary/aromatic N) is 4. The Morgan fingerprint density at radius 2 is 1.87 bits per heavy atom. The second-order valence-electron chi connectivity index (χ2n) is 6.61. The average Bonchev–Trinajstić information content (AvgIpc) is 3.32. The lowest BCUT2D eigenvalue weighted by Crippen LogP contribution is -2.37. The zero-order chi connectivity index (χ0) is 20.9. The SMILES string of the molecule is CCN(CC(=O)Nc1ccc2c(c1)OCCO2)C(=O)c1ccc(-n2cncn2)cc1. The molecule has 0 unspecified atom stereocenters. The maximum absolute atomic E-state index is 12.8. The number of aromatic nitrogens is 3. The largest absolute Gasteiger partial charge is 0.486 e. The third-order valence-electron chi connectivity index (χ3n) is 4.63. The van der Waals surface area contributed by atoms with Crippen LogP contribution in [0.25, 0.3) is 5.69 Å². The van der Waals surface area contributed by atoms with Crippen LogP contribution in [0.4, 0.5) is 5.69 Å². The predicted molar refractivity (Wildman–Crippen MR) is 109 cm³/mol. The Balaban J connectivity index is 1.39. The Hall–Kier alpha value is -3.88. The quantitative estimate of drug-likeness (QED) is 0.672. The normalized spacial score (nSPS) is 12.3. The summed E-state index contributed by atoms with van der Waals surface area (Å²) in [6.45, 7) is 3.15. The van der Waals surface area contributed by atoms with E-state index in [4.69, 9.17) is 9.47 Å². The molecule has 9 nitrogen and oxygen atoms in total. The molecule has 2 heterocycles. The molecule has 0 radical (unpaired) electrons. The van der Waals surface area contributed by atoms with Gasteiger partial charge in [0, 0.05) is 23.9 Å². The number of carbonyl (C=O) groups is 2. The number of likely N-dealkylation sites (N-methyl/N-ethyl adjacent to an activating group) is 1. The summed E-state index contributed by atoms with van der Waals surface area (Å²) in [4.78, 5) is 30.7. The summed E-state index contributed by atoms with van der Waals surface area (Å²) in [6, 6.07) is 12.2. The molecular weight excluding hydrogens is 386 g/mol. The highest BCUT2D eigenvalue weighted by Gasteiger charge is 2.18. The van der Waals surface area contributed by atoms with Crippen LogP contribution in [0, 0.1) is 0 Å². The molecule has 0 spiro atoms. The first kappa shape index (κ1) is 19.4. The molecule has 2 amide bonds. The van der Waals surface area contributed by atoms with Gasteiger partial charge >= 0.3 is 0 Å². The number of rotatable bonds is 6. The Morgan fingerprint density at radius 3 is 2.57 bits per heavy atom. The highest BCUT2D eigenvalue weighted by molar-refractivity contribution is 5.99. The molecular formula is C21H21N5O4. The van der Waals surface area contributed by atoms with E-state index >= 15 is 0 Å². The van der Waals surface area contributed by atoms with Crippen LogP contribution in [0.3, 0.4) is 0 Å². The lowest BCUT2D eigenvalue weighted by Gasteiger charge is -2.21. The number of hydrogen-bond acceptors (Lipinski definition) is 6. The van der Waals surface area contributed by atoms with Crippen LogP contribution >= 0.6 is 0 Å². The summed E-state index contributed by atoms with van der Waals surface area (Å²) in [6.07, 6.45) is 3.02. The fourth-order valence-electron chi connectivity index (χ4n) is 3.10. The van der Waals surface area contributed by atoms with E-state index in [0.717, 1.165) is 5.69 Å². The molecule has 1 aliphatic heterocycles. The van der Waals surface area contributed by atoms with Gasteiger partial charge in [0.25, 0.3) is 5.91 Å². The minimum absolute atomic E-state index is 0.0609. The van der Waals surface area contributed by atoms with Crippen LogP contribution in [0.5, 0.6) is 11.5 Å². The molecule has 0 bridgehead atoms. The number of anilines is 1. The Bertz CT molecular complexity index is 1030. The first-order chi connectivity index (χ1) is 14.6. The van der Waals surface area contributed by atoms with Crippen molar-refractivity contribution >= 4 is 17.5 Å². The first-order valence-corrected chi connectivity index (χ1v) is 9.58. The van der Waals surface area contributed by atoms with Crippen molar-refractivity contribution in [2.75, 3.05) is 31.6 Å². The van der Waals surface area contributed by atoms with Crippen LogP contribution in [0.1, 0.15) is 17.3 Å². The Labute approximate surface area is 173 Å². The maximum Gasteiger partial charge on any atom is 0.254 e. The molecule has 0 saturated carbocycles. The number of fused-ring (bicyclic) bond motifs is 1. The van der Waals surface area contributed by atoms with Crippen LogP contribution in [-0.4, -0.2) is 57.8 Å². The lowest BCUT2D eigenvalue weighted by atomic mass is 10.1. The molecule has 0 aliphatic carbocycles. The van der Waals surface area contributed by atoms with Gasteiger partial charge in [-0.3, -0.25) is 9.59 Å². The van der Waals surface area contributed by atoms with Gasteiger partial charge in [-0.25, -0.2) is 9.67 Å². The van der Waals surface area contributed by atoms with E-state index in [2.05, 4.69) is 15.4 Å². The van der Waals surface area contributed by atoms with Crippen molar-refractivity contribution in [2.45, 2.75) is 6.92 Å². The molecule has 1 aliphatic rings. The number of nitrogens with one attached hydrogen (secondary N) is 1. The van der Waals surface area contributed by atoms with Gasteiger partial charge in [0.2, 0.25) is 5.91 Å². The molecule has 3 aromatic rings. The van der Waals surface area contributed by atoms with Crippen LogP contribution < -0.4 is 14.8 Å². The molecule has 30 heavy (non-hydrogen) atoms. The van der Waals surface area contributed by atoms with E-state index in [0.29, 0.717) is 42.5 Å². The fraction of sp³-hybridized carbons (Fsp3) is 0.238. The van der Waals surface area contributed by atoms with Gasteiger partial charge in [0.1, 0.15) is 32.4 Å². The standard InChI is InChI=1S/C21H21N5O4/c1-2-25(21(28)15-3-6-17(7-4-15)26-14-22-13-23-26)12-20(27)24-16-5-8-18-19(11-16)30-10-9-29-18/h3-8,11,13-14H,2,9-10,12H2,1H3,(H,24,27). The van der Waals surface area contributed by atoms with E-state index in [1.165, 1.54) is 11.2 Å². The van der Waals surface area contributed by atoms with E-state index in [1.807, 2.05) is 6.92 Å². The van der Waals surface area contributed by atoms with Crippen LogP contribution in [0.2, 0.25) is 0 Å². The van der Waals surface area contributed by atoms with Crippen molar-refractivity contribution in [1.29, 1.82) is 0 Å². The number of amides is 2. The van der Waals surface area contributed by atoms with Gasteiger partial charge < -0.3 is 19.7 Å². The van der Waals surface area contributed by atoms with Crippen molar-refractivity contribution in [3.8, 4) is 17.2 Å². The zero-order valence-electron chi connectivity index (χ0n) is 16.4. The van der Waals surface area contributed by atoms with Crippen LogP contribution in [-0.2, 0) is 4.79 Å². The molecule has 9 heteroatoms. The van der Waals surface area contributed by atoms with Gasteiger partial charge in [-0.1, -0.05) is 0 Å². The van der Waals surface area contributed by atoms with E-state index in [1.54, 1.807) is 53.5 Å². The monoisotopic (exact) mass is 407 g/mol. The zero-order valence-corrected chi connectivity index (χ0v) is 16.4. The summed E-state index contributed by atoms with van der Waals surface area (Å²) in [7, 11) is 0. The number of ether oxygens (including phenoxy) is 2. The van der Waals surface area contributed by atoms with Crippen molar-refractivity contribution < 1.29 is 19.1 Å². The number of benzene rings is 2. The molecule has 0 fully saturated rings. The summed E-state index contributed by atoms with van der Waals surface area (Å²) < 4.78 is 12.6. The average molecular weight is 407 g/mol. The molecule has 1 aromatic heterocycles. The van der Waals surface area contributed by atoms with Gasteiger partial charge in [-0.2, -0.15) is 5.10 Å². The third-order valence-corrected chi connectivity index (χ3v) is 4.63. The molecule has 2 aromatic carbocycles. The second-order valence-corrected chi connectivity index (χ2v) is 6.61. The van der Waals surface area contributed by atoms with E-state index in [-0.39, 0.29) is 18.4 Å². The topological polar surface area (TPSA) is 98.6 Å². The summed E-state index contributed by atoms with van der Waals surface area (Å²) in [5, 5.41) is 6.86. The van der Waals surface area contributed by atoms with Crippen LogP contribution in [0.15, 0.2) is 55.1 Å². The van der Waals surface area contributed by atoms with Crippen molar-refractivity contribution in [3.63, 3.8) is 0 Å². The lowest BCUT2D eigenvalue weighted by molar-refractivity contribution is -0.116. The summed E-state index contributed by atoms with van der Waals surface area (Å²) in [5.41, 5.74) is 1.88. The summed E-state index contributed by atoms with van der Waals surface area (Å²) in [5.74, 6) is 0.731. The maximum atomic E-state index is 12.8. The molecule has 0 saturated heterocycles. The van der Waals surface area contributed by atoms with Crippen molar-refractivity contribution in [1.82, 2.24) is 19.7 Å². The van der Waals surface area contributed by atoms with Gasteiger partial charge in [-0.15, -0.1) is 0 Å². The minimum Gasteiger partial charge on any atom is -0.486 e. The highest BCUT2D eigenvalue weighted by Crippen LogP contribution is 2.32. The fourth-order valence-corrected chi connectivity index (χ4v) is 3.10. The predicted octanol–water partition coefficient (Wildman–Crippen LogP) is 2.14. The van der Waals surface area contributed by atoms with E-state index < -0.39 is 0 Å². The second kappa shape index (κ2) is 8.64. The van der Waals surface area contributed by atoms with Crippen molar-refractivity contribution in [2.24, 2.45) is 0 Å². The minimum atomic E-state index is -0.291. The van der Waals surface area contributed by atoms with Gasteiger partial charge in [0.05, 0.1) is 5.69 Å². The Morgan fingerprint density at radius 1 is 1.10 bits per heavy atom. The van der Waals surface area contributed by atoms with Gasteiger partial charge in [-0.05, 0) is 43.3 Å². The third kappa shape index (κ3) is 4.24. The smallest absolute Gasteiger partial charge is 0.254 e.